The Balaban J connectivity index is 2.75. The van der Waals surface area contributed by atoms with Crippen molar-refractivity contribution in [3.05, 3.63) is 18.2 Å². The summed E-state index contributed by atoms with van der Waals surface area (Å²) in [6, 6.07) is 0. The summed E-state index contributed by atoms with van der Waals surface area (Å²) in [6.45, 7) is 11.3. The Morgan fingerprint density at radius 1 is 1.37 bits per heavy atom. The van der Waals surface area contributed by atoms with Crippen LogP contribution >= 0.6 is 0 Å². The van der Waals surface area contributed by atoms with Gasteiger partial charge in [0.2, 0.25) is 0 Å². The van der Waals surface area contributed by atoms with Gasteiger partial charge in [-0.15, -0.1) is 0 Å². The number of hydrogen-bond donors (Lipinski definition) is 1. The molecule has 0 aliphatic heterocycles. The molecule has 1 aromatic heterocycles. The van der Waals surface area contributed by atoms with E-state index in [1.54, 1.807) is 6.20 Å². The second kappa shape index (κ2) is 5.74. The van der Waals surface area contributed by atoms with Crippen LogP contribution in [-0.2, 0) is 22.6 Å². The van der Waals surface area contributed by atoms with Crippen LogP contribution in [0.3, 0.4) is 0 Å². The number of hydrogen-bond acceptors (Lipinski definition) is 4. The molecule has 19 heavy (non-hydrogen) atoms. The van der Waals surface area contributed by atoms with Crippen LogP contribution in [0.25, 0.3) is 0 Å². The standard InChI is InChI=1S/C14H25N3O2/c1-13(2,3)16-9-11-15-7-8-17(11)10-14(4,5)12(18)19-6/h7-8,16H,9-10H2,1-6H3. The van der Waals surface area contributed by atoms with Crippen LogP contribution in [0.15, 0.2) is 12.4 Å². The number of esters is 1. The Kier molecular flexibility index (Phi) is 4.74. The van der Waals surface area contributed by atoms with Gasteiger partial charge in [-0.2, -0.15) is 0 Å². The lowest BCUT2D eigenvalue weighted by Crippen LogP contribution is -2.37. The molecule has 0 radical (unpaired) electrons. The molecule has 0 saturated carbocycles. The summed E-state index contributed by atoms with van der Waals surface area (Å²) in [7, 11) is 1.42. The molecule has 0 atom stereocenters. The Labute approximate surface area is 115 Å². The normalized spacial score (nSPS) is 12.5. The van der Waals surface area contributed by atoms with Crippen molar-refractivity contribution in [1.29, 1.82) is 0 Å². The maximum atomic E-state index is 11.7. The Hall–Kier alpha value is -1.36. The summed E-state index contributed by atoms with van der Waals surface area (Å²) in [4.78, 5) is 16.1. The monoisotopic (exact) mass is 267 g/mol. The van der Waals surface area contributed by atoms with E-state index < -0.39 is 5.41 Å². The van der Waals surface area contributed by atoms with Gasteiger partial charge < -0.3 is 14.6 Å². The van der Waals surface area contributed by atoms with Crippen molar-refractivity contribution in [3.63, 3.8) is 0 Å². The predicted molar refractivity (Wildman–Crippen MR) is 74.6 cm³/mol. The molecular formula is C14H25N3O2. The van der Waals surface area contributed by atoms with Crippen LogP contribution < -0.4 is 5.32 Å². The first-order valence-electron chi connectivity index (χ1n) is 6.49. The van der Waals surface area contributed by atoms with E-state index in [1.165, 1.54) is 7.11 Å². The number of rotatable bonds is 5. The fourth-order valence-corrected chi connectivity index (χ4v) is 1.76. The first-order chi connectivity index (χ1) is 8.65. The highest BCUT2D eigenvalue weighted by molar-refractivity contribution is 5.75. The van der Waals surface area contributed by atoms with Crippen molar-refractivity contribution in [2.45, 2.75) is 53.2 Å². The van der Waals surface area contributed by atoms with Gasteiger partial charge in [-0.3, -0.25) is 4.79 Å². The van der Waals surface area contributed by atoms with E-state index in [9.17, 15) is 4.79 Å². The van der Waals surface area contributed by atoms with Crippen molar-refractivity contribution in [3.8, 4) is 0 Å². The quantitative estimate of drug-likeness (QED) is 0.829. The molecule has 0 aliphatic carbocycles. The van der Waals surface area contributed by atoms with E-state index in [2.05, 4.69) is 31.1 Å². The van der Waals surface area contributed by atoms with Crippen LogP contribution in [0.4, 0.5) is 0 Å². The predicted octanol–water partition coefficient (Wildman–Crippen LogP) is 1.97. The third-order valence-corrected chi connectivity index (χ3v) is 2.88. The number of nitrogens with zero attached hydrogens (tertiary/aromatic N) is 2. The minimum Gasteiger partial charge on any atom is -0.469 e. The SMILES string of the molecule is COC(=O)C(C)(C)Cn1ccnc1CNC(C)(C)C. The second-order valence-corrected chi connectivity index (χ2v) is 6.45. The molecule has 1 rings (SSSR count). The molecule has 0 aliphatic rings. The average Bonchev–Trinajstić information content (AvgIpc) is 2.71. The van der Waals surface area contributed by atoms with Crippen molar-refractivity contribution >= 4 is 5.97 Å². The van der Waals surface area contributed by atoms with Crippen LogP contribution in [0.2, 0.25) is 0 Å². The maximum absolute atomic E-state index is 11.7. The molecular weight excluding hydrogens is 242 g/mol. The van der Waals surface area contributed by atoms with Gasteiger partial charge in [-0.1, -0.05) is 0 Å². The van der Waals surface area contributed by atoms with E-state index in [-0.39, 0.29) is 11.5 Å². The number of aromatic nitrogens is 2. The molecule has 0 saturated heterocycles. The third kappa shape index (κ3) is 4.67. The van der Waals surface area contributed by atoms with Crippen LogP contribution in [-0.4, -0.2) is 28.2 Å². The zero-order valence-electron chi connectivity index (χ0n) is 12.8. The second-order valence-electron chi connectivity index (χ2n) is 6.45. The number of methoxy groups -OCH3 is 1. The molecule has 108 valence electrons. The lowest BCUT2D eigenvalue weighted by Gasteiger charge is -2.24. The van der Waals surface area contributed by atoms with Crippen molar-refractivity contribution in [1.82, 2.24) is 14.9 Å². The van der Waals surface area contributed by atoms with Gasteiger partial charge in [0.15, 0.2) is 0 Å². The summed E-state index contributed by atoms with van der Waals surface area (Å²) < 4.78 is 6.83. The van der Waals surface area contributed by atoms with E-state index >= 15 is 0 Å². The smallest absolute Gasteiger partial charge is 0.313 e. The average molecular weight is 267 g/mol. The summed E-state index contributed by atoms with van der Waals surface area (Å²) in [5.41, 5.74) is -0.527. The zero-order valence-corrected chi connectivity index (χ0v) is 12.8. The van der Waals surface area contributed by atoms with E-state index in [0.717, 1.165) is 5.82 Å². The van der Waals surface area contributed by atoms with Gasteiger partial charge in [-0.05, 0) is 34.6 Å². The highest BCUT2D eigenvalue weighted by atomic mass is 16.5. The topological polar surface area (TPSA) is 56.2 Å². The Morgan fingerprint density at radius 3 is 2.53 bits per heavy atom. The fraction of sp³-hybridized carbons (Fsp3) is 0.714. The number of carbonyl (C=O) groups is 1. The molecule has 5 heteroatoms. The largest absolute Gasteiger partial charge is 0.469 e. The third-order valence-electron chi connectivity index (χ3n) is 2.88. The van der Waals surface area contributed by atoms with Gasteiger partial charge in [0.25, 0.3) is 0 Å². The first-order valence-corrected chi connectivity index (χ1v) is 6.49. The molecule has 1 N–H and O–H groups in total. The van der Waals surface area contributed by atoms with Gasteiger partial charge >= 0.3 is 5.97 Å². The Morgan fingerprint density at radius 2 is 2.00 bits per heavy atom. The molecule has 0 bridgehead atoms. The lowest BCUT2D eigenvalue weighted by atomic mass is 9.93. The number of nitrogens with one attached hydrogen (secondary N) is 1. The number of ether oxygens (including phenoxy) is 1. The summed E-state index contributed by atoms with van der Waals surface area (Å²) in [5.74, 6) is 0.711. The fourth-order valence-electron chi connectivity index (χ4n) is 1.76. The van der Waals surface area contributed by atoms with Crippen LogP contribution in [0.1, 0.15) is 40.4 Å². The lowest BCUT2D eigenvalue weighted by molar-refractivity contribution is -0.151. The van der Waals surface area contributed by atoms with Crippen LogP contribution in [0, 0.1) is 5.41 Å². The molecule has 1 heterocycles. The molecule has 0 aromatic carbocycles. The summed E-state index contributed by atoms with van der Waals surface area (Å²) in [6.07, 6.45) is 3.65. The number of carbonyl (C=O) groups excluding carboxylic acids is 1. The zero-order chi connectivity index (χ0) is 14.7. The maximum Gasteiger partial charge on any atom is 0.313 e. The highest BCUT2D eigenvalue weighted by Crippen LogP contribution is 2.20. The summed E-state index contributed by atoms with van der Waals surface area (Å²) >= 11 is 0. The summed E-state index contributed by atoms with van der Waals surface area (Å²) in [5, 5.41) is 3.39. The van der Waals surface area contributed by atoms with Crippen LogP contribution in [0.5, 0.6) is 0 Å². The molecule has 1 aromatic rings. The molecule has 0 fully saturated rings. The van der Waals surface area contributed by atoms with E-state index in [1.807, 2.05) is 24.6 Å². The van der Waals surface area contributed by atoms with Gasteiger partial charge in [-0.25, -0.2) is 4.98 Å². The molecule has 5 nitrogen and oxygen atoms in total. The molecule has 0 amide bonds. The minimum absolute atomic E-state index is 0.0364. The van der Waals surface area contributed by atoms with Crippen molar-refractivity contribution in [2.24, 2.45) is 5.41 Å². The van der Waals surface area contributed by atoms with Gasteiger partial charge in [0, 0.05) is 24.5 Å². The Bertz CT molecular complexity index is 430. The van der Waals surface area contributed by atoms with E-state index in [4.69, 9.17) is 4.74 Å². The minimum atomic E-state index is -0.564. The van der Waals surface area contributed by atoms with Gasteiger partial charge in [0.1, 0.15) is 5.82 Å². The number of imidazole rings is 1. The highest BCUT2D eigenvalue weighted by Gasteiger charge is 2.29. The first kappa shape index (κ1) is 15.7. The van der Waals surface area contributed by atoms with Crippen molar-refractivity contribution < 1.29 is 9.53 Å². The molecule has 0 unspecified atom stereocenters. The van der Waals surface area contributed by atoms with Crippen molar-refractivity contribution in [2.75, 3.05) is 7.11 Å². The van der Waals surface area contributed by atoms with Gasteiger partial charge in [0.05, 0.1) is 19.1 Å². The molecule has 0 spiro atoms. The van der Waals surface area contributed by atoms with E-state index in [0.29, 0.717) is 13.1 Å².